The van der Waals surface area contributed by atoms with E-state index in [1.807, 2.05) is 13.8 Å². The van der Waals surface area contributed by atoms with Gasteiger partial charge in [-0.2, -0.15) is 0 Å². The molecule has 1 N–H and O–H groups in total. The molecule has 4 rings (SSSR count). The summed E-state index contributed by atoms with van der Waals surface area (Å²) in [5.41, 5.74) is 1.76. The molecule has 2 saturated carbocycles. The van der Waals surface area contributed by atoms with E-state index >= 15 is 0 Å². The maximum absolute atomic E-state index is 12.9. The molecule has 2 fully saturated rings. The molecule has 0 spiro atoms. The van der Waals surface area contributed by atoms with Gasteiger partial charge in [0.15, 0.2) is 0 Å². The third-order valence-electron chi connectivity index (χ3n) is 6.28. The van der Waals surface area contributed by atoms with Crippen LogP contribution in [0, 0.1) is 17.8 Å². The Morgan fingerprint density at radius 2 is 1.92 bits per heavy atom. The van der Waals surface area contributed by atoms with E-state index in [1.165, 1.54) is 30.6 Å². The second-order valence-corrected chi connectivity index (χ2v) is 9.60. The fraction of sp³-hybridized carbons (Fsp3) is 0.714. The lowest BCUT2D eigenvalue weighted by molar-refractivity contribution is -0.121. The summed E-state index contributed by atoms with van der Waals surface area (Å²) in [6, 6.07) is 0. The van der Waals surface area contributed by atoms with Crippen molar-refractivity contribution in [3.05, 3.63) is 16.0 Å². The van der Waals surface area contributed by atoms with Crippen LogP contribution in [-0.4, -0.2) is 18.0 Å². The molecule has 0 aromatic carbocycles. The van der Waals surface area contributed by atoms with Gasteiger partial charge >= 0.3 is 5.97 Å². The maximum atomic E-state index is 12.9. The largest absolute Gasteiger partial charge is 0.459 e. The van der Waals surface area contributed by atoms with Crippen LogP contribution in [0.25, 0.3) is 0 Å². The molecule has 1 amide bonds. The van der Waals surface area contributed by atoms with E-state index in [1.54, 1.807) is 11.3 Å². The Morgan fingerprint density at radius 3 is 2.62 bits per heavy atom. The van der Waals surface area contributed by atoms with Crippen molar-refractivity contribution >= 4 is 28.2 Å². The van der Waals surface area contributed by atoms with Crippen molar-refractivity contribution in [3.8, 4) is 0 Å². The smallest absolute Gasteiger partial charge is 0.341 e. The van der Waals surface area contributed by atoms with Gasteiger partial charge in [-0.25, -0.2) is 4.79 Å². The van der Waals surface area contributed by atoms with Gasteiger partial charge in [0.1, 0.15) is 5.00 Å². The average Bonchev–Trinajstić information content (AvgIpc) is 3.25. The highest BCUT2D eigenvalue weighted by atomic mass is 32.1. The van der Waals surface area contributed by atoms with Crippen LogP contribution in [0.5, 0.6) is 0 Å². The van der Waals surface area contributed by atoms with E-state index in [0.29, 0.717) is 11.5 Å². The number of aryl methyl sites for hydroxylation is 1. The molecule has 2 bridgehead atoms. The summed E-state index contributed by atoms with van der Waals surface area (Å²) in [7, 11) is 0. The minimum Gasteiger partial charge on any atom is -0.459 e. The number of anilines is 1. The molecule has 0 saturated heterocycles. The normalized spacial score (nSPS) is 27.3. The zero-order valence-electron chi connectivity index (χ0n) is 15.8. The van der Waals surface area contributed by atoms with E-state index < -0.39 is 0 Å². The molecule has 3 atom stereocenters. The highest BCUT2D eigenvalue weighted by molar-refractivity contribution is 7.17. The zero-order valence-corrected chi connectivity index (χ0v) is 16.6. The van der Waals surface area contributed by atoms with Gasteiger partial charge in [0.25, 0.3) is 0 Å². The van der Waals surface area contributed by atoms with Crippen molar-refractivity contribution in [1.29, 1.82) is 0 Å². The van der Waals surface area contributed by atoms with Crippen molar-refractivity contribution in [2.45, 2.75) is 77.7 Å². The molecule has 3 aliphatic rings. The molecule has 0 radical (unpaired) electrons. The number of hydrogen-bond donors (Lipinski definition) is 1. The number of amides is 1. The second-order valence-electron chi connectivity index (χ2n) is 8.49. The zero-order chi connectivity index (χ0) is 18.3. The summed E-state index contributed by atoms with van der Waals surface area (Å²) in [4.78, 5) is 27.0. The third-order valence-corrected chi connectivity index (χ3v) is 7.49. The van der Waals surface area contributed by atoms with Gasteiger partial charge in [0.05, 0.1) is 11.7 Å². The average molecular weight is 376 g/mol. The summed E-state index contributed by atoms with van der Waals surface area (Å²) in [6.07, 6.45) is 9.93. The lowest BCUT2D eigenvalue weighted by Gasteiger charge is -2.20. The Morgan fingerprint density at radius 1 is 1.12 bits per heavy atom. The van der Waals surface area contributed by atoms with Crippen LogP contribution in [0.2, 0.25) is 0 Å². The van der Waals surface area contributed by atoms with Gasteiger partial charge in [-0.3, -0.25) is 4.79 Å². The molecule has 26 heavy (non-hydrogen) atoms. The number of carbonyl (C=O) groups is 2. The molecule has 3 unspecified atom stereocenters. The van der Waals surface area contributed by atoms with E-state index in [-0.39, 0.29) is 23.9 Å². The SMILES string of the molecule is CC(C)OC(=O)c1c(NC(=O)C2CC3CCC2C3)sc2c1CCCCC2. The van der Waals surface area contributed by atoms with Crippen molar-refractivity contribution < 1.29 is 14.3 Å². The van der Waals surface area contributed by atoms with Crippen LogP contribution in [-0.2, 0) is 22.4 Å². The fourth-order valence-electron chi connectivity index (χ4n) is 5.09. The van der Waals surface area contributed by atoms with Crippen LogP contribution < -0.4 is 5.32 Å². The molecule has 5 heteroatoms. The van der Waals surface area contributed by atoms with E-state index in [4.69, 9.17) is 4.74 Å². The summed E-state index contributed by atoms with van der Waals surface area (Å²) in [6.45, 7) is 3.74. The standard InChI is InChI=1S/C21H29NO3S/c1-12(2)25-21(24)18-15-6-4-3-5-7-17(15)26-20(18)22-19(23)16-11-13-8-9-14(16)10-13/h12-14,16H,3-11H2,1-2H3,(H,22,23). The molecule has 1 aromatic heterocycles. The van der Waals surface area contributed by atoms with Gasteiger partial charge in [-0.05, 0) is 76.2 Å². The quantitative estimate of drug-likeness (QED) is 0.598. The molecule has 3 aliphatic carbocycles. The van der Waals surface area contributed by atoms with Crippen LogP contribution in [0.3, 0.4) is 0 Å². The number of rotatable bonds is 4. The number of ether oxygens (including phenoxy) is 1. The van der Waals surface area contributed by atoms with Crippen LogP contribution in [0.4, 0.5) is 5.00 Å². The first-order chi connectivity index (χ1) is 12.5. The molecular formula is C21H29NO3S. The van der Waals surface area contributed by atoms with Crippen molar-refractivity contribution in [2.24, 2.45) is 17.8 Å². The van der Waals surface area contributed by atoms with Gasteiger partial charge < -0.3 is 10.1 Å². The summed E-state index contributed by atoms with van der Waals surface area (Å²) < 4.78 is 5.52. The number of esters is 1. The lowest BCUT2D eigenvalue weighted by Crippen LogP contribution is -2.27. The minimum atomic E-state index is -0.275. The van der Waals surface area contributed by atoms with E-state index in [2.05, 4.69) is 5.32 Å². The first kappa shape index (κ1) is 18.0. The van der Waals surface area contributed by atoms with Crippen molar-refractivity contribution in [2.75, 3.05) is 5.32 Å². The summed E-state index contributed by atoms with van der Waals surface area (Å²) >= 11 is 1.61. The monoisotopic (exact) mass is 375 g/mol. The summed E-state index contributed by atoms with van der Waals surface area (Å²) in [5, 5.41) is 3.88. The lowest BCUT2D eigenvalue weighted by atomic mass is 9.88. The van der Waals surface area contributed by atoms with Crippen molar-refractivity contribution in [3.63, 3.8) is 0 Å². The maximum Gasteiger partial charge on any atom is 0.341 e. The molecule has 0 aliphatic heterocycles. The molecule has 1 aromatic rings. The molecule has 1 heterocycles. The number of nitrogens with one attached hydrogen (secondary N) is 1. The number of carbonyl (C=O) groups excluding carboxylic acids is 2. The van der Waals surface area contributed by atoms with Crippen LogP contribution in [0.1, 0.15) is 79.6 Å². The van der Waals surface area contributed by atoms with E-state index in [9.17, 15) is 9.59 Å². The Hall–Kier alpha value is -1.36. The van der Waals surface area contributed by atoms with Gasteiger partial charge in [-0.1, -0.05) is 12.8 Å². The number of hydrogen-bond acceptors (Lipinski definition) is 4. The molecule has 142 valence electrons. The predicted molar refractivity (Wildman–Crippen MR) is 104 cm³/mol. The Bertz CT molecular complexity index is 708. The van der Waals surface area contributed by atoms with E-state index in [0.717, 1.165) is 48.6 Å². The van der Waals surface area contributed by atoms with Gasteiger partial charge in [-0.15, -0.1) is 11.3 Å². The Kier molecular flexibility index (Phi) is 5.09. The highest BCUT2D eigenvalue weighted by Crippen LogP contribution is 2.49. The third kappa shape index (κ3) is 3.42. The van der Waals surface area contributed by atoms with Gasteiger partial charge in [0, 0.05) is 10.8 Å². The summed E-state index contributed by atoms with van der Waals surface area (Å²) in [5.74, 6) is 1.25. The topological polar surface area (TPSA) is 55.4 Å². The molecular weight excluding hydrogens is 346 g/mol. The minimum absolute atomic E-state index is 0.118. The second kappa shape index (κ2) is 7.34. The molecule has 4 nitrogen and oxygen atoms in total. The Labute approximate surface area is 159 Å². The fourth-order valence-corrected chi connectivity index (χ4v) is 6.37. The predicted octanol–water partition coefficient (Wildman–Crippen LogP) is 4.96. The number of thiophene rings is 1. The van der Waals surface area contributed by atoms with Crippen LogP contribution in [0.15, 0.2) is 0 Å². The first-order valence-electron chi connectivity index (χ1n) is 10.2. The van der Waals surface area contributed by atoms with Crippen molar-refractivity contribution in [1.82, 2.24) is 0 Å². The first-order valence-corrected chi connectivity index (χ1v) is 11.0. The number of fused-ring (bicyclic) bond motifs is 3. The Balaban J connectivity index is 1.60. The van der Waals surface area contributed by atoms with Crippen LogP contribution >= 0.6 is 11.3 Å². The van der Waals surface area contributed by atoms with Gasteiger partial charge in [0.2, 0.25) is 5.91 Å². The highest BCUT2D eigenvalue weighted by Gasteiger charge is 2.43.